The Balaban J connectivity index is 2.26. The average molecular weight is 289 g/mol. The van der Waals surface area contributed by atoms with Crippen molar-refractivity contribution in [3.8, 4) is 0 Å². The molecule has 1 saturated heterocycles. The zero-order chi connectivity index (χ0) is 9.26. The van der Waals surface area contributed by atoms with Gasteiger partial charge in [0.05, 0.1) is 6.04 Å². The van der Waals surface area contributed by atoms with E-state index in [1.807, 2.05) is 24.3 Å². The van der Waals surface area contributed by atoms with Crippen molar-refractivity contribution in [1.29, 1.82) is 0 Å². The Labute approximate surface area is 89.6 Å². The fourth-order valence-electron chi connectivity index (χ4n) is 1.31. The molecule has 4 heteroatoms. The van der Waals surface area contributed by atoms with Gasteiger partial charge in [-0.15, -0.1) is 0 Å². The maximum Gasteiger partial charge on any atom is 0.407 e. The highest BCUT2D eigenvalue weighted by molar-refractivity contribution is 14.1. The van der Waals surface area contributed by atoms with E-state index in [0.29, 0.717) is 6.61 Å². The van der Waals surface area contributed by atoms with E-state index in [0.717, 1.165) is 9.13 Å². The Morgan fingerprint density at radius 3 is 2.85 bits per heavy atom. The molecule has 1 aromatic rings. The van der Waals surface area contributed by atoms with Gasteiger partial charge in [0.1, 0.15) is 6.61 Å². The molecule has 1 fully saturated rings. The zero-order valence-electron chi connectivity index (χ0n) is 6.79. The van der Waals surface area contributed by atoms with E-state index >= 15 is 0 Å². The molecule has 0 aromatic heterocycles. The molecule has 0 spiro atoms. The number of hydrogen-bond donors (Lipinski definition) is 1. The molecule has 0 unspecified atom stereocenters. The Morgan fingerprint density at radius 2 is 2.23 bits per heavy atom. The quantitative estimate of drug-likeness (QED) is 0.804. The van der Waals surface area contributed by atoms with E-state index in [-0.39, 0.29) is 12.1 Å². The van der Waals surface area contributed by atoms with Gasteiger partial charge < -0.3 is 10.1 Å². The number of rotatable bonds is 1. The summed E-state index contributed by atoms with van der Waals surface area (Å²) in [5, 5.41) is 2.75. The lowest BCUT2D eigenvalue weighted by atomic mass is 10.1. The van der Waals surface area contributed by atoms with Crippen molar-refractivity contribution in [3.05, 3.63) is 33.4 Å². The van der Waals surface area contributed by atoms with E-state index in [2.05, 4.69) is 27.9 Å². The molecule has 0 aliphatic carbocycles. The van der Waals surface area contributed by atoms with E-state index < -0.39 is 0 Å². The third-order valence-electron chi connectivity index (χ3n) is 1.95. The molecule has 0 bridgehead atoms. The molecule has 3 nitrogen and oxygen atoms in total. The number of nitrogens with one attached hydrogen (secondary N) is 1. The van der Waals surface area contributed by atoms with Crippen molar-refractivity contribution in [2.24, 2.45) is 0 Å². The lowest BCUT2D eigenvalue weighted by Gasteiger charge is -2.08. The summed E-state index contributed by atoms with van der Waals surface area (Å²) in [5.74, 6) is 0. The highest BCUT2D eigenvalue weighted by atomic mass is 127. The smallest absolute Gasteiger partial charge is 0.407 e. The van der Waals surface area contributed by atoms with E-state index in [4.69, 9.17) is 4.74 Å². The standard InChI is InChI=1S/C9H8INO2/c10-7-4-2-1-3-6(7)8-5-13-9(12)11-8/h1-4,8H,5H2,(H,11,12)/t8-/m1/s1. The summed E-state index contributed by atoms with van der Waals surface area (Å²) >= 11 is 2.25. The number of cyclic esters (lactones) is 1. The van der Waals surface area contributed by atoms with Crippen LogP contribution in [0.15, 0.2) is 24.3 Å². The number of alkyl carbamates (subject to hydrolysis) is 1. The molecule has 0 radical (unpaired) electrons. The molecule has 1 heterocycles. The van der Waals surface area contributed by atoms with Gasteiger partial charge in [-0.2, -0.15) is 0 Å². The molecular weight excluding hydrogens is 281 g/mol. The van der Waals surface area contributed by atoms with Crippen LogP contribution in [0.1, 0.15) is 11.6 Å². The molecule has 1 aliphatic heterocycles. The molecule has 13 heavy (non-hydrogen) atoms. The van der Waals surface area contributed by atoms with Crippen molar-refractivity contribution < 1.29 is 9.53 Å². The molecule has 0 saturated carbocycles. The highest BCUT2D eigenvalue weighted by Crippen LogP contribution is 2.22. The van der Waals surface area contributed by atoms with Crippen LogP contribution in [0.25, 0.3) is 0 Å². The van der Waals surface area contributed by atoms with Crippen LogP contribution in [0, 0.1) is 3.57 Å². The third-order valence-corrected chi connectivity index (χ3v) is 2.94. The second kappa shape index (κ2) is 3.53. The predicted octanol–water partition coefficient (Wildman–Crippen LogP) is 2.07. The van der Waals surface area contributed by atoms with Gasteiger partial charge in [0.15, 0.2) is 0 Å². The van der Waals surface area contributed by atoms with Gasteiger partial charge >= 0.3 is 6.09 Å². The van der Waals surface area contributed by atoms with E-state index in [1.165, 1.54) is 0 Å². The lowest BCUT2D eigenvalue weighted by Crippen LogP contribution is -2.18. The number of ether oxygens (including phenoxy) is 1. The molecular formula is C9H8INO2. The summed E-state index contributed by atoms with van der Waals surface area (Å²) in [6.07, 6.45) is -0.329. The highest BCUT2D eigenvalue weighted by Gasteiger charge is 2.24. The van der Waals surface area contributed by atoms with Gasteiger partial charge in [-0.3, -0.25) is 0 Å². The van der Waals surface area contributed by atoms with Gasteiger partial charge in [-0.1, -0.05) is 18.2 Å². The Hall–Kier alpha value is -0.780. The molecule has 1 aromatic carbocycles. The number of benzene rings is 1. The van der Waals surface area contributed by atoms with Gasteiger partial charge in [0, 0.05) is 3.57 Å². The maximum atomic E-state index is 10.8. The number of amides is 1. The summed E-state index contributed by atoms with van der Waals surface area (Å²) in [6, 6.07) is 7.97. The molecule has 1 atom stereocenters. The minimum absolute atomic E-state index is 0.0144. The number of carbonyl (C=O) groups is 1. The first-order valence-corrected chi connectivity index (χ1v) is 5.03. The summed E-state index contributed by atoms with van der Waals surface area (Å²) in [7, 11) is 0. The van der Waals surface area contributed by atoms with Gasteiger partial charge in [-0.25, -0.2) is 4.79 Å². The summed E-state index contributed by atoms with van der Waals surface area (Å²) in [5.41, 5.74) is 1.12. The van der Waals surface area contributed by atoms with Crippen LogP contribution in [0.5, 0.6) is 0 Å². The van der Waals surface area contributed by atoms with Crippen LogP contribution in [0.2, 0.25) is 0 Å². The first-order chi connectivity index (χ1) is 6.27. The molecule has 68 valence electrons. The van der Waals surface area contributed by atoms with Crippen molar-refractivity contribution in [2.45, 2.75) is 6.04 Å². The summed E-state index contributed by atoms with van der Waals surface area (Å²) < 4.78 is 5.97. The van der Waals surface area contributed by atoms with Gasteiger partial charge in [-0.05, 0) is 34.2 Å². The van der Waals surface area contributed by atoms with E-state index in [1.54, 1.807) is 0 Å². The fraction of sp³-hybridized carbons (Fsp3) is 0.222. The Morgan fingerprint density at radius 1 is 1.46 bits per heavy atom. The van der Waals surface area contributed by atoms with Gasteiger partial charge in [0.2, 0.25) is 0 Å². The number of carbonyl (C=O) groups excluding carboxylic acids is 1. The summed E-state index contributed by atoms with van der Waals surface area (Å²) in [4.78, 5) is 10.8. The molecule has 1 aliphatic rings. The fourth-order valence-corrected chi connectivity index (χ4v) is 2.07. The van der Waals surface area contributed by atoms with Crippen LogP contribution in [-0.4, -0.2) is 12.7 Å². The first-order valence-electron chi connectivity index (χ1n) is 3.95. The normalized spacial score (nSPS) is 21.0. The SMILES string of the molecule is O=C1N[C@@H](c2ccccc2I)CO1. The van der Waals surface area contributed by atoms with Crippen molar-refractivity contribution >= 4 is 28.7 Å². The number of halogens is 1. The van der Waals surface area contributed by atoms with Crippen LogP contribution in [0.3, 0.4) is 0 Å². The zero-order valence-corrected chi connectivity index (χ0v) is 8.95. The van der Waals surface area contributed by atoms with Crippen molar-refractivity contribution in [1.82, 2.24) is 5.32 Å². The molecule has 1 N–H and O–H groups in total. The van der Waals surface area contributed by atoms with Crippen LogP contribution < -0.4 is 5.32 Å². The second-order valence-corrected chi connectivity index (χ2v) is 3.98. The van der Waals surface area contributed by atoms with Crippen LogP contribution in [-0.2, 0) is 4.74 Å². The topological polar surface area (TPSA) is 38.3 Å². The minimum Gasteiger partial charge on any atom is -0.447 e. The summed E-state index contributed by atoms with van der Waals surface area (Å²) in [6.45, 7) is 0.429. The minimum atomic E-state index is -0.329. The molecule has 1 amide bonds. The Bertz CT molecular complexity index is 340. The maximum absolute atomic E-state index is 10.8. The van der Waals surface area contributed by atoms with Crippen molar-refractivity contribution in [2.75, 3.05) is 6.61 Å². The largest absolute Gasteiger partial charge is 0.447 e. The predicted molar refractivity (Wildman–Crippen MR) is 56.4 cm³/mol. The average Bonchev–Trinajstić information content (AvgIpc) is 2.53. The Kier molecular flexibility index (Phi) is 2.39. The lowest BCUT2D eigenvalue weighted by molar-refractivity contribution is 0.177. The van der Waals surface area contributed by atoms with Crippen LogP contribution >= 0.6 is 22.6 Å². The van der Waals surface area contributed by atoms with Crippen molar-refractivity contribution in [3.63, 3.8) is 0 Å². The van der Waals surface area contributed by atoms with Crippen LogP contribution in [0.4, 0.5) is 4.79 Å². The monoisotopic (exact) mass is 289 g/mol. The second-order valence-electron chi connectivity index (χ2n) is 2.82. The first kappa shape index (κ1) is 8.80. The van der Waals surface area contributed by atoms with Gasteiger partial charge in [0.25, 0.3) is 0 Å². The van der Waals surface area contributed by atoms with E-state index in [9.17, 15) is 4.79 Å². The molecule has 2 rings (SSSR count). The third kappa shape index (κ3) is 1.77. The number of hydrogen-bond acceptors (Lipinski definition) is 2.